The van der Waals surface area contributed by atoms with Gasteiger partial charge in [-0.15, -0.1) is 0 Å². The Balaban J connectivity index is 1.71. The number of fused-ring (bicyclic) bond motifs is 1. The molecule has 0 saturated carbocycles. The average Bonchev–Trinajstić information content (AvgIpc) is 3.13. The fraction of sp³-hybridized carbons (Fsp3) is 0.409. The highest BCUT2D eigenvalue weighted by molar-refractivity contribution is 7.89. The van der Waals surface area contributed by atoms with Crippen LogP contribution in [0.2, 0.25) is 0 Å². The highest BCUT2D eigenvalue weighted by atomic mass is 32.2. The minimum absolute atomic E-state index is 0.0533. The molecule has 1 unspecified atom stereocenters. The average molecular weight is 431 g/mol. The predicted molar refractivity (Wildman–Crippen MR) is 112 cm³/mol. The summed E-state index contributed by atoms with van der Waals surface area (Å²) in [5.74, 6) is 1.12. The number of rotatable bonds is 4. The van der Waals surface area contributed by atoms with Crippen molar-refractivity contribution in [2.45, 2.75) is 36.8 Å². The summed E-state index contributed by atoms with van der Waals surface area (Å²) in [6.45, 7) is 3.17. The molecule has 30 heavy (non-hydrogen) atoms. The number of ether oxygens (including phenoxy) is 2. The molecule has 1 saturated heterocycles. The standard InChI is InChI=1S/C22H26N2O5S/c1-3-21(25)23-13-12-22(15-23)16-24(14-17-8-10-18(28-2)11-9-17)30(26,27)20-7-5-4-6-19(20)29-22/h4-11H,3,12-16H2,1-2H3. The number of sulfonamides is 1. The van der Waals surface area contributed by atoms with Gasteiger partial charge < -0.3 is 14.4 Å². The van der Waals surface area contributed by atoms with Gasteiger partial charge in [0.15, 0.2) is 0 Å². The summed E-state index contributed by atoms with van der Waals surface area (Å²) in [5.41, 5.74) is 0.0881. The Hall–Kier alpha value is -2.58. The number of para-hydroxylation sites is 1. The van der Waals surface area contributed by atoms with Crippen molar-refractivity contribution in [2.75, 3.05) is 26.7 Å². The lowest BCUT2D eigenvalue weighted by atomic mass is 10.0. The fourth-order valence-corrected chi connectivity index (χ4v) is 5.74. The van der Waals surface area contributed by atoms with Gasteiger partial charge in [-0.3, -0.25) is 4.79 Å². The van der Waals surface area contributed by atoms with Crippen LogP contribution in [0, 0.1) is 0 Å². The third-order valence-electron chi connectivity index (χ3n) is 5.75. The number of methoxy groups -OCH3 is 1. The molecule has 8 heteroatoms. The molecule has 7 nitrogen and oxygen atoms in total. The minimum atomic E-state index is -3.77. The van der Waals surface area contributed by atoms with Gasteiger partial charge in [-0.2, -0.15) is 4.31 Å². The second-order valence-electron chi connectivity index (χ2n) is 7.77. The zero-order chi connectivity index (χ0) is 21.4. The van der Waals surface area contributed by atoms with Crippen molar-refractivity contribution in [1.29, 1.82) is 0 Å². The van der Waals surface area contributed by atoms with E-state index in [0.29, 0.717) is 37.4 Å². The number of amides is 1. The summed E-state index contributed by atoms with van der Waals surface area (Å²) in [4.78, 5) is 14.2. The van der Waals surface area contributed by atoms with Crippen molar-refractivity contribution in [3.05, 3.63) is 54.1 Å². The topological polar surface area (TPSA) is 76.2 Å². The first-order chi connectivity index (χ1) is 14.4. The summed E-state index contributed by atoms with van der Waals surface area (Å²) in [6, 6.07) is 14.1. The van der Waals surface area contributed by atoms with Crippen LogP contribution in [0.5, 0.6) is 11.5 Å². The van der Waals surface area contributed by atoms with E-state index in [4.69, 9.17) is 9.47 Å². The second-order valence-corrected chi connectivity index (χ2v) is 9.68. The van der Waals surface area contributed by atoms with Crippen molar-refractivity contribution in [2.24, 2.45) is 0 Å². The lowest BCUT2D eigenvalue weighted by Gasteiger charge is -2.32. The SMILES string of the molecule is CCC(=O)N1CCC2(C1)CN(Cc1ccc(OC)cc1)S(=O)(=O)c1ccccc1O2. The van der Waals surface area contributed by atoms with Crippen molar-refractivity contribution in [1.82, 2.24) is 9.21 Å². The molecule has 0 N–H and O–H groups in total. The molecule has 2 aliphatic heterocycles. The molecule has 2 aromatic rings. The van der Waals surface area contributed by atoms with E-state index in [1.165, 1.54) is 4.31 Å². The molecule has 1 spiro atoms. The first-order valence-corrected chi connectivity index (χ1v) is 11.5. The first kappa shape index (κ1) is 20.7. The molecular weight excluding hydrogens is 404 g/mol. The van der Waals surface area contributed by atoms with Gasteiger partial charge in [0.05, 0.1) is 20.2 Å². The van der Waals surface area contributed by atoms with Crippen LogP contribution in [0.3, 0.4) is 0 Å². The number of benzene rings is 2. The summed E-state index contributed by atoms with van der Waals surface area (Å²) in [6.07, 6.45) is 1.00. The number of carbonyl (C=O) groups excluding carboxylic acids is 1. The summed E-state index contributed by atoms with van der Waals surface area (Å²) >= 11 is 0. The van der Waals surface area contributed by atoms with Gasteiger partial charge in [-0.05, 0) is 29.8 Å². The number of carbonyl (C=O) groups is 1. The molecule has 1 atom stereocenters. The van der Waals surface area contributed by atoms with Crippen molar-refractivity contribution < 1.29 is 22.7 Å². The number of likely N-dealkylation sites (tertiary alicyclic amines) is 1. The van der Waals surface area contributed by atoms with Crippen LogP contribution < -0.4 is 9.47 Å². The maximum absolute atomic E-state index is 13.5. The molecule has 2 heterocycles. The molecule has 160 valence electrons. The molecule has 2 aliphatic rings. The van der Waals surface area contributed by atoms with Crippen LogP contribution in [0.1, 0.15) is 25.3 Å². The van der Waals surface area contributed by atoms with E-state index in [9.17, 15) is 13.2 Å². The van der Waals surface area contributed by atoms with E-state index in [1.807, 2.05) is 31.2 Å². The van der Waals surface area contributed by atoms with E-state index in [2.05, 4.69) is 0 Å². The van der Waals surface area contributed by atoms with E-state index < -0.39 is 15.6 Å². The Bertz CT molecular complexity index is 1040. The molecule has 4 rings (SSSR count). The van der Waals surface area contributed by atoms with Crippen molar-refractivity contribution in [3.8, 4) is 11.5 Å². The molecule has 2 aromatic carbocycles. The van der Waals surface area contributed by atoms with Crippen molar-refractivity contribution >= 4 is 15.9 Å². The van der Waals surface area contributed by atoms with Crippen LogP contribution in [-0.4, -0.2) is 55.9 Å². The second kappa shape index (κ2) is 7.92. The van der Waals surface area contributed by atoms with Gasteiger partial charge in [0.2, 0.25) is 15.9 Å². The molecule has 0 bridgehead atoms. The van der Waals surface area contributed by atoms with Gasteiger partial charge >= 0.3 is 0 Å². The Morgan fingerprint density at radius 3 is 2.57 bits per heavy atom. The van der Waals surface area contributed by atoms with Crippen LogP contribution in [0.25, 0.3) is 0 Å². The Morgan fingerprint density at radius 2 is 1.87 bits per heavy atom. The van der Waals surface area contributed by atoms with Gasteiger partial charge in [-0.1, -0.05) is 31.2 Å². The molecule has 0 aliphatic carbocycles. The monoisotopic (exact) mass is 430 g/mol. The van der Waals surface area contributed by atoms with Crippen LogP contribution in [0.4, 0.5) is 0 Å². The maximum atomic E-state index is 13.5. The molecular formula is C22H26N2O5S. The van der Waals surface area contributed by atoms with Gasteiger partial charge in [0, 0.05) is 25.9 Å². The van der Waals surface area contributed by atoms with Gasteiger partial charge in [0.25, 0.3) is 0 Å². The van der Waals surface area contributed by atoms with E-state index >= 15 is 0 Å². The van der Waals surface area contributed by atoms with E-state index in [0.717, 1.165) is 5.56 Å². The van der Waals surface area contributed by atoms with Crippen LogP contribution in [-0.2, 0) is 21.4 Å². The van der Waals surface area contributed by atoms with Crippen LogP contribution in [0.15, 0.2) is 53.4 Å². The van der Waals surface area contributed by atoms with E-state index in [1.54, 1.807) is 36.3 Å². The third-order valence-corrected chi connectivity index (χ3v) is 7.58. The highest BCUT2D eigenvalue weighted by Gasteiger charge is 2.48. The quantitative estimate of drug-likeness (QED) is 0.745. The normalized spacial score (nSPS) is 22.9. The predicted octanol–water partition coefficient (Wildman–Crippen LogP) is 2.66. The summed E-state index contributed by atoms with van der Waals surface area (Å²) in [5, 5.41) is 0. The summed E-state index contributed by atoms with van der Waals surface area (Å²) in [7, 11) is -2.17. The number of nitrogens with zero attached hydrogens (tertiary/aromatic N) is 2. The lowest BCUT2D eigenvalue weighted by Crippen LogP contribution is -2.49. The maximum Gasteiger partial charge on any atom is 0.247 e. The lowest BCUT2D eigenvalue weighted by molar-refractivity contribution is -0.130. The number of hydrogen-bond acceptors (Lipinski definition) is 5. The molecule has 1 fully saturated rings. The zero-order valence-electron chi connectivity index (χ0n) is 17.2. The van der Waals surface area contributed by atoms with E-state index in [-0.39, 0.29) is 23.9 Å². The largest absolute Gasteiger partial charge is 0.497 e. The zero-order valence-corrected chi connectivity index (χ0v) is 18.0. The Kier molecular flexibility index (Phi) is 5.46. The van der Waals surface area contributed by atoms with Crippen LogP contribution >= 0.6 is 0 Å². The minimum Gasteiger partial charge on any atom is -0.497 e. The molecule has 1 amide bonds. The number of hydrogen-bond donors (Lipinski definition) is 0. The third kappa shape index (κ3) is 3.77. The molecule has 0 aromatic heterocycles. The smallest absolute Gasteiger partial charge is 0.247 e. The first-order valence-electron chi connectivity index (χ1n) is 10.1. The molecule has 0 radical (unpaired) electrons. The van der Waals surface area contributed by atoms with Gasteiger partial charge in [-0.25, -0.2) is 8.42 Å². The van der Waals surface area contributed by atoms with Gasteiger partial charge in [0.1, 0.15) is 22.0 Å². The highest BCUT2D eigenvalue weighted by Crippen LogP contribution is 2.39. The van der Waals surface area contributed by atoms with Crippen molar-refractivity contribution in [3.63, 3.8) is 0 Å². The fourth-order valence-electron chi connectivity index (χ4n) is 4.13. The Labute approximate surface area is 177 Å². The summed E-state index contributed by atoms with van der Waals surface area (Å²) < 4.78 is 40.0. The Morgan fingerprint density at radius 1 is 1.13 bits per heavy atom.